The molecule has 0 aromatic carbocycles. The predicted molar refractivity (Wildman–Crippen MR) is 165 cm³/mol. The molecule has 0 amide bonds. The number of fused-ring (bicyclic) bond motifs is 8. The molecule has 0 saturated heterocycles. The third-order valence-corrected chi connectivity index (χ3v) is 8.21. The van der Waals surface area contributed by atoms with Gasteiger partial charge >= 0.3 is 0 Å². The molecule has 0 radical (unpaired) electrons. The Kier molecular flexibility index (Phi) is 7.66. The van der Waals surface area contributed by atoms with Crippen molar-refractivity contribution in [2.75, 3.05) is 0 Å². The van der Waals surface area contributed by atoms with Crippen LogP contribution in [0, 0.1) is 13.8 Å². The summed E-state index contributed by atoms with van der Waals surface area (Å²) in [6.07, 6.45) is 3.86. The van der Waals surface area contributed by atoms with Crippen molar-refractivity contribution in [3.8, 4) is 0 Å². The van der Waals surface area contributed by atoms with Crippen molar-refractivity contribution in [2.24, 2.45) is 0 Å². The molecule has 2 aliphatic heterocycles. The average Bonchev–Trinajstić information content (AvgIpc) is 3.51. The van der Waals surface area contributed by atoms with Crippen molar-refractivity contribution in [1.82, 2.24) is 19.9 Å². The van der Waals surface area contributed by atoms with Gasteiger partial charge in [0.2, 0.25) is 0 Å². The molecule has 5 heteroatoms. The van der Waals surface area contributed by atoms with Crippen LogP contribution in [0.25, 0.3) is 44.4 Å². The Labute approximate surface area is 231 Å². The summed E-state index contributed by atoms with van der Waals surface area (Å²) in [4.78, 5) is 17.7. The van der Waals surface area contributed by atoms with Gasteiger partial charge in [0.1, 0.15) is 0 Å². The number of nitrogens with one attached hydrogen (secondary N) is 2. The number of aromatic nitrogens is 4. The molecule has 3 aromatic rings. The first kappa shape index (κ1) is 27.1. The predicted octanol–water partition coefficient (Wildman–Crippen LogP) is 9.32. The summed E-state index contributed by atoms with van der Waals surface area (Å²) in [6.45, 7) is 17.8. The monoisotopic (exact) mass is 558 g/mol. The Bertz CT molecular complexity index is 1610. The quantitative estimate of drug-likeness (QED) is 0.335. The van der Waals surface area contributed by atoms with E-state index in [4.69, 9.17) is 9.97 Å². The fourth-order valence-corrected chi connectivity index (χ4v) is 6.02. The van der Waals surface area contributed by atoms with Gasteiger partial charge in [0.25, 0.3) is 0 Å². The number of allylic oxidation sites excluding steroid dienone is 4. The summed E-state index contributed by atoms with van der Waals surface area (Å²) in [5.74, 6) is 0. The highest BCUT2D eigenvalue weighted by Crippen LogP contribution is 2.36. The maximum atomic E-state index is 5.13. The van der Waals surface area contributed by atoms with Crippen LogP contribution in [-0.4, -0.2) is 19.9 Å². The van der Waals surface area contributed by atoms with Crippen LogP contribution >= 0.6 is 17.0 Å². The van der Waals surface area contributed by atoms with Gasteiger partial charge in [-0.1, -0.05) is 27.7 Å². The number of aromatic amines is 2. The summed E-state index contributed by atoms with van der Waals surface area (Å²) in [7, 11) is 0. The molecule has 194 valence electrons. The number of hydrogen-bond acceptors (Lipinski definition) is 2. The van der Waals surface area contributed by atoms with E-state index in [1.54, 1.807) is 0 Å². The van der Waals surface area contributed by atoms with E-state index in [0.29, 0.717) is 0 Å². The van der Waals surface area contributed by atoms with Gasteiger partial charge in [0.15, 0.2) is 0 Å². The van der Waals surface area contributed by atoms with Gasteiger partial charge in [0, 0.05) is 22.1 Å². The first-order valence-electron chi connectivity index (χ1n) is 13.4. The molecule has 0 atom stereocenters. The van der Waals surface area contributed by atoms with E-state index in [0.717, 1.165) is 59.5 Å². The van der Waals surface area contributed by atoms with Crippen LogP contribution in [0.2, 0.25) is 0 Å². The van der Waals surface area contributed by atoms with Crippen LogP contribution in [0.4, 0.5) is 0 Å². The molecule has 2 aliphatic rings. The van der Waals surface area contributed by atoms with Gasteiger partial charge in [-0.2, -0.15) is 0 Å². The molecule has 4 nitrogen and oxygen atoms in total. The van der Waals surface area contributed by atoms with E-state index in [1.807, 2.05) is 0 Å². The van der Waals surface area contributed by atoms with Crippen molar-refractivity contribution in [3.05, 3.63) is 69.3 Å². The zero-order valence-electron chi connectivity index (χ0n) is 23.4. The van der Waals surface area contributed by atoms with Crippen LogP contribution in [-0.2, 0) is 12.8 Å². The smallest absolute Gasteiger partial charge is 0.0693 e. The third kappa shape index (κ3) is 4.41. The largest absolute Gasteiger partial charge is 0.355 e. The Morgan fingerprint density at radius 2 is 0.919 bits per heavy atom. The fraction of sp³-hybridized carbons (Fsp3) is 0.375. The molecule has 5 heterocycles. The highest BCUT2D eigenvalue weighted by atomic mass is 79.9. The Morgan fingerprint density at radius 3 is 1.35 bits per heavy atom. The number of hydrogen-bond donors (Lipinski definition) is 2. The van der Waals surface area contributed by atoms with Gasteiger partial charge in [0.05, 0.1) is 22.8 Å². The van der Waals surface area contributed by atoms with Gasteiger partial charge in [-0.05, 0) is 122 Å². The number of aryl methyl sites for hydroxylation is 4. The Hall–Kier alpha value is -2.92. The van der Waals surface area contributed by atoms with E-state index in [2.05, 4.69) is 89.6 Å². The lowest BCUT2D eigenvalue weighted by Gasteiger charge is -2.01. The number of halogens is 1. The van der Waals surface area contributed by atoms with Crippen molar-refractivity contribution in [3.63, 3.8) is 0 Å². The summed E-state index contributed by atoms with van der Waals surface area (Å²) in [5.41, 5.74) is 19.3. The van der Waals surface area contributed by atoms with Gasteiger partial charge < -0.3 is 9.97 Å². The minimum absolute atomic E-state index is 0. The standard InChI is InChI=1S/C32H38N4.BrH/c1-9-21-17(5)25-13-26-18(6)23(11-3)31(34-26)16-32-24(12-4)20(8)28(36-32)15-30-22(10-2)19(7)27(35-30)14-29(21)33-25;/h13-16,34,36H,9-12H2,1-8H3;1H. The molecule has 0 unspecified atom stereocenters. The molecule has 8 bridgehead atoms. The van der Waals surface area contributed by atoms with E-state index in [1.165, 1.54) is 55.6 Å². The maximum absolute atomic E-state index is 5.13. The van der Waals surface area contributed by atoms with E-state index in [-0.39, 0.29) is 17.0 Å². The molecule has 3 aromatic heterocycles. The SMILES string of the molecule is Br.CCC1=C(C)c2cc3[nH]c(cc4[nH]c(cc5nc(cc1n2)C(C)=C5CC)c(C)c4CC)c(CC)c3C. The van der Waals surface area contributed by atoms with Crippen LogP contribution in [0.3, 0.4) is 0 Å². The Balaban J connectivity index is 0.00000320. The average molecular weight is 560 g/mol. The van der Waals surface area contributed by atoms with Crippen LogP contribution in [0.5, 0.6) is 0 Å². The van der Waals surface area contributed by atoms with Gasteiger partial charge in [-0.15, -0.1) is 17.0 Å². The number of H-pyrrole nitrogens is 2. The zero-order chi connectivity index (χ0) is 25.7. The fourth-order valence-electron chi connectivity index (χ4n) is 6.02. The molecular weight excluding hydrogens is 520 g/mol. The normalized spacial score (nSPS) is 13.4. The van der Waals surface area contributed by atoms with Crippen LogP contribution < -0.4 is 0 Å². The molecule has 37 heavy (non-hydrogen) atoms. The summed E-state index contributed by atoms with van der Waals surface area (Å²) in [5, 5.41) is 0. The molecule has 0 saturated carbocycles. The van der Waals surface area contributed by atoms with Crippen molar-refractivity contribution in [2.45, 2.75) is 81.1 Å². The lowest BCUT2D eigenvalue weighted by Crippen LogP contribution is -1.84. The topological polar surface area (TPSA) is 57.4 Å². The number of nitrogens with zero attached hydrogens (tertiary/aromatic N) is 2. The first-order chi connectivity index (χ1) is 17.3. The molecular formula is C32H39BrN4. The third-order valence-electron chi connectivity index (χ3n) is 8.21. The number of rotatable bonds is 4. The summed E-state index contributed by atoms with van der Waals surface area (Å²) >= 11 is 0. The molecule has 0 aliphatic carbocycles. The second-order valence-corrected chi connectivity index (χ2v) is 10.1. The molecule has 0 spiro atoms. The van der Waals surface area contributed by atoms with Crippen molar-refractivity contribution < 1.29 is 0 Å². The van der Waals surface area contributed by atoms with Gasteiger partial charge in [-0.3, -0.25) is 0 Å². The lowest BCUT2D eigenvalue weighted by atomic mass is 10.0. The zero-order valence-corrected chi connectivity index (χ0v) is 25.2. The van der Waals surface area contributed by atoms with Crippen LogP contribution in [0.1, 0.15) is 99.4 Å². The minimum atomic E-state index is 0. The molecule has 0 fully saturated rings. The van der Waals surface area contributed by atoms with Gasteiger partial charge in [-0.25, -0.2) is 9.97 Å². The summed E-state index contributed by atoms with van der Waals surface area (Å²) in [6, 6.07) is 8.98. The van der Waals surface area contributed by atoms with E-state index in [9.17, 15) is 0 Å². The summed E-state index contributed by atoms with van der Waals surface area (Å²) < 4.78 is 0. The maximum Gasteiger partial charge on any atom is 0.0693 e. The lowest BCUT2D eigenvalue weighted by molar-refractivity contribution is 1.14. The molecule has 5 rings (SSSR count). The van der Waals surface area contributed by atoms with Crippen molar-refractivity contribution in [1.29, 1.82) is 0 Å². The minimum Gasteiger partial charge on any atom is -0.355 e. The van der Waals surface area contributed by atoms with E-state index < -0.39 is 0 Å². The van der Waals surface area contributed by atoms with Crippen LogP contribution in [0.15, 0.2) is 24.3 Å². The molecule has 2 N–H and O–H groups in total. The highest BCUT2D eigenvalue weighted by Gasteiger charge is 2.20. The Morgan fingerprint density at radius 1 is 0.514 bits per heavy atom. The second kappa shape index (κ2) is 10.4. The highest BCUT2D eigenvalue weighted by molar-refractivity contribution is 8.93. The van der Waals surface area contributed by atoms with E-state index >= 15 is 0 Å². The second-order valence-electron chi connectivity index (χ2n) is 10.1. The van der Waals surface area contributed by atoms with Crippen molar-refractivity contribution >= 4 is 61.3 Å². The first-order valence-corrected chi connectivity index (χ1v) is 13.4.